The molecule has 1 N–H and O–H groups in total. The fourth-order valence-corrected chi connectivity index (χ4v) is 5.91. The van der Waals surface area contributed by atoms with Crippen molar-refractivity contribution in [2.45, 2.75) is 136 Å². The Kier molecular flexibility index (Phi) is 39.8. The van der Waals surface area contributed by atoms with Crippen LogP contribution in [0.15, 0.2) is 134 Å². The molecule has 62 heavy (non-hydrogen) atoms. The van der Waals surface area contributed by atoms with E-state index in [1.165, 1.54) is 0 Å². The minimum absolute atomic E-state index is 0.00533. The average molecular weight is 881 g/mol. The van der Waals surface area contributed by atoms with Gasteiger partial charge >= 0.3 is 19.8 Å². The first-order valence-corrected chi connectivity index (χ1v) is 24.4. The van der Waals surface area contributed by atoms with E-state index in [2.05, 4.69) is 141 Å². The maximum absolute atomic E-state index is 12.7. The third kappa shape index (κ3) is 45.7. The highest BCUT2D eigenvalue weighted by molar-refractivity contribution is 7.47. The number of quaternary nitrogens is 1. The fourth-order valence-electron chi connectivity index (χ4n) is 5.17. The third-order valence-electron chi connectivity index (χ3n) is 8.68. The molecule has 0 radical (unpaired) electrons. The Labute approximate surface area is 377 Å². The van der Waals surface area contributed by atoms with E-state index in [4.69, 9.17) is 18.5 Å². The number of rotatable bonds is 39. The van der Waals surface area contributed by atoms with Crippen LogP contribution in [0.1, 0.15) is 129 Å². The lowest BCUT2D eigenvalue weighted by Gasteiger charge is -2.24. The number of hydrogen-bond acceptors (Lipinski definition) is 7. The van der Waals surface area contributed by atoms with Crippen LogP contribution in [-0.2, 0) is 32.7 Å². The van der Waals surface area contributed by atoms with Gasteiger partial charge < -0.3 is 18.9 Å². The summed E-state index contributed by atoms with van der Waals surface area (Å²) in [6.45, 7) is 4.04. The van der Waals surface area contributed by atoms with Crippen LogP contribution in [0, 0.1) is 0 Å². The molecule has 0 saturated heterocycles. The van der Waals surface area contributed by atoms with Crippen LogP contribution in [0.5, 0.6) is 0 Å². The number of likely N-dealkylation sites (N-methyl/N-ethyl adjacent to an activating group) is 1. The van der Waals surface area contributed by atoms with Crippen molar-refractivity contribution in [1.82, 2.24) is 0 Å². The van der Waals surface area contributed by atoms with Crippen molar-refractivity contribution < 1.29 is 42.1 Å². The molecule has 0 fully saturated rings. The summed E-state index contributed by atoms with van der Waals surface area (Å²) in [6, 6.07) is 0. The molecule has 0 aliphatic heterocycles. The van der Waals surface area contributed by atoms with Crippen molar-refractivity contribution in [2.24, 2.45) is 0 Å². The molecule has 0 aromatic heterocycles. The number of unbranched alkanes of at least 4 members (excludes halogenated alkanes) is 3. The van der Waals surface area contributed by atoms with E-state index < -0.39 is 32.5 Å². The van der Waals surface area contributed by atoms with Crippen LogP contribution in [0.2, 0.25) is 0 Å². The first-order chi connectivity index (χ1) is 30.0. The Balaban J connectivity index is 4.55. The van der Waals surface area contributed by atoms with Gasteiger partial charge in [0.15, 0.2) is 6.10 Å². The van der Waals surface area contributed by atoms with Crippen molar-refractivity contribution in [3.8, 4) is 0 Å². The van der Waals surface area contributed by atoms with Crippen LogP contribution < -0.4 is 0 Å². The van der Waals surface area contributed by atoms with Gasteiger partial charge in [0, 0.05) is 12.8 Å². The van der Waals surface area contributed by atoms with Gasteiger partial charge in [-0.1, -0.05) is 148 Å². The van der Waals surface area contributed by atoms with Gasteiger partial charge in [-0.25, -0.2) is 4.57 Å². The molecule has 0 spiro atoms. The molecule has 0 amide bonds. The molecule has 0 aromatic carbocycles. The second-order valence-electron chi connectivity index (χ2n) is 15.7. The minimum Gasteiger partial charge on any atom is -0.462 e. The number of esters is 2. The number of phosphoric acid groups is 1. The van der Waals surface area contributed by atoms with Gasteiger partial charge in [-0.2, -0.15) is 0 Å². The second-order valence-corrected chi connectivity index (χ2v) is 17.1. The zero-order valence-electron chi connectivity index (χ0n) is 39.0. The van der Waals surface area contributed by atoms with Crippen LogP contribution in [0.3, 0.4) is 0 Å². The summed E-state index contributed by atoms with van der Waals surface area (Å²) in [5, 5.41) is 0. The largest absolute Gasteiger partial charge is 0.472 e. The Hall–Kier alpha value is -3.85. The van der Waals surface area contributed by atoms with Crippen molar-refractivity contribution >= 4 is 19.8 Å². The first-order valence-electron chi connectivity index (χ1n) is 22.9. The van der Waals surface area contributed by atoms with E-state index in [1.54, 1.807) is 0 Å². The molecule has 0 aliphatic carbocycles. The van der Waals surface area contributed by atoms with E-state index in [1.807, 2.05) is 27.2 Å². The Morgan fingerprint density at radius 2 is 0.871 bits per heavy atom. The lowest BCUT2D eigenvalue weighted by Crippen LogP contribution is -2.37. The summed E-state index contributed by atoms with van der Waals surface area (Å²) in [6.07, 6.45) is 60.9. The van der Waals surface area contributed by atoms with Crippen LogP contribution >= 0.6 is 7.82 Å². The summed E-state index contributed by atoms with van der Waals surface area (Å²) in [4.78, 5) is 35.4. The van der Waals surface area contributed by atoms with Crippen LogP contribution in [0.25, 0.3) is 0 Å². The van der Waals surface area contributed by atoms with Crippen molar-refractivity contribution in [1.29, 1.82) is 0 Å². The van der Waals surface area contributed by atoms with E-state index in [0.717, 1.165) is 89.9 Å². The topological polar surface area (TPSA) is 108 Å². The van der Waals surface area contributed by atoms with Crippen molar-refractivity contribution in [3.05, 3.63) is 134 Å². The van der Waals surface area contributed by atoms with Gasteiger partial charge in [-0.3, -0.25) is 18.6 Å². The van der Waals surface area contributed by atoms with Gasteiger partial charge in [0.2, 0.25) is 0 Å². The lowest BCUT2D eigenvalue weighted by molar-refractivity contribution is -0.870. The number of allylic oxidation sites excluding steroid dienone is 22. The summed E-state index contributed by atoms with van der Waals surface area (Å²) in [7, 11) is 1.39. The van der Waals surface area contributed by atoms with Crippen LogP contribution in [-0.4, -0.2) is 74.9 Å². The Bertz CT molecular complexity index is 1510. The predicted molar refractivity (Wildman–Crippen MR) is 260 cm³/mol. The third-order valence-corrected chi connectivity index (χ3v) is 9.66. The molecule has 0 aromatic rings. The molecular weight excluding hydrogens is 798 g/mol. The van der Waals surface area contributed by atoms with E-state index in [0.29, 0.717) is 23.9 Å². The molecular formula is C52H83NO8P+. The standard InChI is InChI=1S/C52H82NO8P/c1-6-8-10-12-14-16-18-20-22-24-25-26-27-29-31-33-35-37-39-41-43-45-52(55)61-50(49-60-62(56,57)59-47-46-53(3,4)5)48-58-51(54)44-42-40-38-36-34-32-30-28-23-21-19-17-15-13-11-9-7-2/h8-11,14-17,20-23,25-26,29-32,35-38,50H,6-7,12-13,18-19,24,27-28,33-34,39-49H2,1-5H3/p+1/b10-8-,11-9-,16-14-,17-15-,22-20-,23-21-,26-25-,31-29-,32-30-,37-35-,38-36-. The summed E-state index contributed by atoms with van der Waals surface area (Å²) in [5.74, 6) is -0.935. The van der Waals surface area contributed by atoms with Gasteiger partial charge in [0.05, 0.1) is 27.7 Å². The number of carbonyl (C=O) groups is 2. The molecule has 0 saturated carbocycles. The quantitative estimate of drug-likeness (QED) is 0.0214. The molecule has 2 atom stereocenters. The van der Waals surface area contributed by atoms with E-state index >= 15 is 0 Å². The van der Waals surface area contributed by atoms with E-state index in [-0.39, 0.29) is 26.1 Å². The van der Waals surface area contributed by atoms with Crippen molar-refractivity contribution in [2.75, 3.05) is 47.5 Å². The number of ether oxygens (including phenoxy) is 2. The highest BCUT2D eigenvalue weighted by Crippen LogP contribution is 2.43. The SMILES string of the molecule is CC/C=C\C/C=C\C/C=C\C/C=C\C/C=C\C/C=C\CCCCC(=O)OC(COC(=O)CCC/C=C\C/C=C\C/C=C\C/C=C\C/C=C\CC)COP(=O)(O)OCC[N+](C)(C)C. The summed E-state index contributed by atoms with van der Waals surface area (Å²) < 4.78 is 34.2. The summed E-state index contributed by atoms with van der Waals surface area (Å²) in [5.41, 5.74) is 0. The molecule has 0 rings (SSSR count). The predicted octanol–water partition coefficient (Wildman–Crippen LogP) is 13.5. The first kappa shape index (κ1) is 58.1. The molecule has 0 aliphatic rings. The molecule has 9 nitrogen and oxygen atoms in total. The second kappa shape index (κ2) is 42.5. The molecule has 10 heteroatoms. The molecule has 0 heterocycles. The lowest BCUT2D eigenvalue weighted by atomic mass is 10.2. The zero-order chi connectivity index (χ0) is 45.7. The average Bonchev–Trinajstić information content (AvgIpc) is 3.23. The van der Waals surface area contributed by atoms with Gasteiger partial charge in [0.1, 0.15) is 19.8 Å². The van der Waals surface area contributed by atoms with Gasteiger partial charge in [0.25, 0.3) is 0 Å². The highest BCUT2D eigenvalue weighted by atomic mass is 31.2. The number of carbonyl (C=O) groups excluding carboxylic acids is 2. The minimum atomic E-state index is -4.41. The van der Waals surface area contributed by atoms with Crippen molar-refractivity contribution in [3.63, 3.8) is 0 Å². The number of nitrogens with zero attached hydrogens (tertiary/aromatic N) is 1. The Morgan fingerprint density at radius 1 is 0.500 bits per heavy atom. The molecule has 0 bridgehead atoms. The van der Waals surface area contributed by atoms with Crippen LogP contribution in [0.4, 0.5) is 0 Å². The number of phosphoric ester groups is 1. The Morgan fingerprint density at radius 3 is 1.27 bits per heavy atom. The highest BCUT2D eigenvalue weighted by Gasteiger charge is 2.27. The monoisotopic (exact) mass is 881 g/mol. The van der Waals surface area contributed by atoms with Gasteiger partial charge in [-0.05, 0) is 103 Å². The molecule has 2 unspecified atom stereocenters. The summed E-state index contributed by atoms with van der Waals surface area (Å²) >= 11 is 0. The zero-order valence-corrected chi connectivity index (χ0v) is 39.9. The number of hydrogen-bond donors (Lipinski definition) is 1. The van der Waals surface area contributed by atoms with E-state index in [9.17, 15) is 19.0 Å². The maximum Gasteiger partial charge on any atom is 0.472 e. The fraction of sp³-hybridized carbons (Fsp3) is 0.538. The molecule has 348 valence electrons. The smallest absolute Gasteiger partial charge is 0.462 e. The normalized spacial score (nSPS) is 14.7. The maximum atomic E-state index is 12.7. The van der Waals surface area contributed by atoms with Gasteiger partial charge in [-0.15, -0.1) is 0 Å².